The van der Waals surface area contributed by atoms with Gasteiger partial charge in [-0.15, -0.1) is 0 Å². The lowest BCUT2D eigenvalue weighted by molar-refractivity contribution is 0.0696. The van der Waals surface area contributed by atoms with Gasteiger partial charge in [0.15, 0.2) is 0 Å². The molecule has 138 valence electrons. The lowest BCUT2D eigenvalue weighted by Gasteiger charge is -2.14. The molecule has 0 atom stereocenters. The van der Waals surface area contributed by atoms with Crippen molar-refractivity contribution in [2.45, 2.75) is 13.5 Å². The topological polar surface area (TPSA) is 97.1 Å². The fourth-order valence-corrected chi connectivity index (χ4v) is 2.47. The highest BCUT2D eigenvalue weighted by Crippen LogP contribution is 2.25. The highest BCUT2D eigenvalue weighted by molar-refractivity contribution is 5.95. The van der Waals surface area contributed by atoms with Gasteiger partial charge in [-0.3, -0.25) is 14.8 Å². The number of rotatable bonds is 5. The standard InChI is InChI=1S/C18H14F2N4O3/c1-10-2-3-14(13(19)6-10)23-16-12(18(26)27)9-24(17(25)15(16)20)8-11-7-21-4-5-22-11/h2-7,9,23H,8H2,1H3,(H,26,27). The molecule has 0 bridgehead atoms. The van der Waals surface area contributed by atoms with Gasteiger partial charge in [-0.05, 0) is 24.6 Å². The van der Waals surface area contributed by atoms with Crippen molar-refractivity contribution >= 4 is 17.3 Å². The number of nitrogens with zero attached hydrogens (tertiary/aromatic N) is 3. The Hall–Kier alpha value is -3.62. The molecule has 3 rings (SSSR count). The quantitative estimate of drug-likeness (QED) is 0.715. The zero-order valence-electron chi connectivity index (χ0n) is 14.1. The first-order valence-corrected chi connectivity index (χ1v) is 7.81. The summed E-state index contributed by atoms with van der Waals surface area (Å²) in [5, 5.41) is 11.8. The highest BCUT2D eigenvalue weighted by Gasteiger charge is 2.21. The summed E-state index contributed by atoms with van der Waals surface area (Å²) in [5.74, 6) is -3.51. The second-order valence-corrected chi connectivity index (χ2v) is 5.78. The van der Waals surface area contributed by atoms with Crippen LogP contribution in [0.3, 0.4) is 0 Å². The minimum atomic E-state index is -1.48. The number of hydrogen-bond acceptors (Lipinski definition) is 5. The van der Waals surface area contributed by atoms with E-state index in [1.54, 1.807) is 13.0 Å². The van der Waals surface area contributed by atoms with E-state index in [-0.39, 0.29) is 12.2 Å². The molecule has 0 aliphatic carbocycles. The number of carboxylic acid groups (broad SMARTS) is 1. The number of nitrogens with one attached hydrogen (secondary N) is 1. The predicted molar refractivity (Wildman–Crippen MR) is 93.2 cm³/mol. The van der Waals surface area contributed by atoms with Crippen LogP contribution >= 0.6 is 0 Å². The first-order valence-electron chi connectivity index (χ1n) is 7.81. The highest BCUT2D eigenvalue weighted by atomic mass is 19.1. The predicted octanol–water partition coefficient (Wildman–Crippen LogP) is 2.72. The molecule has 0 aliphatic rings. The van der Waals surface area contributed by atoms with Crippen LogP contribution in [0, 0.1) is 18.6 Å². The number of benzene rings is 1. The van der Waals surface area contributed by atoms with Crippen molar-refractivity contribution in [1.29, 1.82) is 0 Å². The van der Waals surface area contributed by atoms with Gasteiger partial charge in [0.05, 0.1) is 29.8 Å². The van der Waals surface area contributed by atoms with Gasteiger partial charge < -0.3 is 15.0 Å². The Bertz CT molecular complexity index is 1070. The summed E-state index contributed by atoms with van der Waals surface area (Å²) in [6.07, 6.45) is 5.18. The number of hydrogen-bond donors (Lipinski definition) is 2. The van der Waals surface area contributed by atoms with Crippen LogP contribution in [-0.2, 0) is 6.54 Å². The van der Waals surface area contributed by atoms with E-state index in [4.69, 9.17) is 0 Å². The fourth-order valence-electron chi connectivity index (χ4n) is 2.47. The summed E-state index contributed by atoms with van der Waals surface area (Å²) in [6, 6.07) is 4.11. The summed E-state index contributed by atoms with van der Waals surface area (Å²) in [7, 11) is 0. The van der Waals surface area contributed by atoms with Gasteiger partial charge in [0.25, 0.3) is 5.56 Å². The van der Waals surface area contributed by atoms with Crippen molar-refractivity contribution < 1.29 is 18.7 Å². The molecule has 1 aromatic carbocycles. The number of aryl methyl sites for hydroxylation is 1. The molecule has 0 aliphatic heterocycles. The van der Waals surface area contributed by atoms with Gasteiger partial charge in [-0.25, -0.2) is 9.18 Å². The number of anilines is 2. The van der Waals surface area contributed by atoms with Crippen LogP contribution in [0.1, 0.15) is 21.6 Å². The second-order valence-electron chi connectivity index (χ2n) is 5.78. The Morgan fingerprint density at radius 1 is 1.30 bits per heavy atom. The van der Waals surface area contributed by atoms with E-state index in [9.17, 15) is 23.5 Å². The average Bonchev–Trinajstić information content (AvgIpc) is 2.63. The molecule has 2 heterocycles. The van der Waals surface area contributed by atoms with Crippen molar-refractivity contribution in [2.24, 2.45) is 0 Å². The fraction of sp³-hybridized carbons (Fsp3) is 0.111. The van der Waals surface area contributed by atoms with E-state index in [0.717, 1.165) is 10.8 Å². The average molecular weight is 372 g/mol. The monoisotopic (exact) mass is 372 g/mol. The molecule has 3 aromatic rings. The lowest BCUT2D eigenvalue weighted by Crippen LogP contribution is -2.27. The number of carboxylic acids is 1. The third-order valence-corrected chi connectivity index (χ3v) is 3.79. The SMILES string of the molecule is Cc1ccc(Nc2c(C(=O)O)cn(Cc3cnccn3)c(=O)c2F)c(F)c1. The van der Waals surface area contributed by atoms with E-state index < -0.39 is 34.4 Å². The summed E-state index contributed by atoms with van der Waals surface area (Å²) in [6.45, 7) is 1.51. The van der Waals surface area contributed by atoms with Crippen molar-refractivity contribution in [3.8, 4) is 0 Å². The van der Waals surface area contributed by atoms with Crippen molar-refractivity contribution in [1.82, 2.24) is 14.5 Å². The molecule has 0 spiro atoms. The van der Waals surface area contributed by atoms with Crippen LogP contribution in [-0.4, -0.2) is 25.6 Å². The molecule has 0 saturated heterocycles. The Kier molecular flexibility index (Phi) is 4.93. The zero-order chi connectivity index (χ0) is 19.6. The third kappa shape index (κ3) is 3.81. The molecule has 0 radical (unpaired) electrons. The molecule has 0 amide bonds. The molecule has 2 aromatic heterocycles. The van der Waals surface area contributed by atoms with Crippen LogP contribution in [0.15, 0.2) is 47.8 Å². The number of pyridine rings is 1. The number of aromatic carboxylic acids is 1. The Labute approximate surface area is 152 Å². The molecule has 0 unspecified atom stereocenters. The maximum Gasteiger partial charge on any atom is 0.339 e. The van der Waals surface area contributed by atoms with E-state index in [0.29, 0.717) is 11.3 Å². The van der Waals surface area contributed by atoms with E-state index >= 15 is 0 Å². The number of halogens is 2. The van der Waals surface area contributed by atoms with Crippen LogP contribution in [0.4, 0.5) is 20.2 Å². The lowest BCUT2D eigenvalue weighted by atomic mass is 10.1. The Morgan fingerprint density at radius 2 is 2.07 bits per heavy atom. The van der Waals surface area contributed by atoms with Gasteiger partial charge in [0.1, 0.15) is 11.4 Å². The number of carbonyl (C=O) groups is 1. The van der Waals surface area contributed by atoms with Gasteiger partial charge in [-0.1, -0.05) is 6.07 Å². The van der Waals surface area contributed by atoms with Gasteiger partial charge >= 0.3 is 5.97 Å². The smallest absolute Gasteiger partial charge is 0.339 e. The van der Waals surface area contributed by atoms with Crippen LogP contribution in [0.25, 0.3) is 0 Å². The summed E-state index contributed by atoms with van der Waals surface area (Å²) >= 11 is 0. The maximum atomic E-state index is 14.7. The molecule has 7 nitrogen and oxygen atoms in total. The largest absolute Gasteiger partial charge is 0.478 e. The Morgan fingerprint density at radius 3 is 2.70 bits per heavy atom. The summed E-state index contributed by atoms with van der Waals surface area (Å²) < 4.78 is 29.6. The normalized spacial score (nSPS) is 10.6. The zero-order valence-corrected chi connectivity index (χ0v) is 14.1. The molecule has 0 saturated carbocycles. The van der Waals surface area contributed by atoms with Gasteiger partial charge in [-0.2, -0.15) is 4.39 Å². The second kappa shape index (κ2) is 7.32. The minimum absolute atomic E-state index is 0.145. The minimum Gasteiger partial charge on any atom is -0.478 e. The molecule has 0 fully saturated rings. The van der Waals surface area contributed by atoms with E-state index in [2.05, 4.69) is 15.3 Å². The van der Waals surface area contributed by atoms with Crippen molar-refractivity contribution in [3.63, 3.8) is 0 Å². The number of aromatic nitrogens is 3. The molecule has 27 heavy (non-hydrogen) atoms. The van der Waals surface area contributed by atoms with Crippen molar-refractivity contribution in [2.75, 3.05) is 5.32 Å². The third-order valence-electron chi connectivity index (χ3n) is 3.79. The summed E-state index contributed by atoms with van der Waals surface area (Å²) in [5.41, 5.74) is -1.35. The first-order chi connectivity index (χ1) is 12.9. The molecular weight excluding hydrogens is 358 g/mol. The van der Waals surface area contributed by atoms with Crippen LogP contribution in [0.5, 0.6) is 0 Å². The van der Waals surface area contributed by atoms with E-state index in [1.165, 1.54) is 30.7 Å². The summed E-state index contributed by atoms with van der Waals surface area (Å²) in [4.78, 5) is 31.7. The van der Waals surface area contributed by atoms with Gasteiger partial charge in [0, 0.05) is 18.6 Å². The van der Waals surface area contributed by atoms with Crippen LogP contribution in [0.2, 0.25) is 0 Å². The first kappa shape index (κ1) is 18.2. The van der Waals surface area contributed by atoms with Crippen molar-refractivity contribution in [3.05, 3.63) is 81.8 Å². The molecular formula is C18H14F2N4O3. The van der Waals surface area contributed by atoms with Crippen LogP contribution < -0.4 is 10.9 Å². The molecule has 2 N–H and O–H groups in total. The molecule has 9 heteroatoms. The van der Waals surface area contributed by atoms with Gasteiger partial charge in [0.2, 0.25) is 5.82 Å². The van der Waals surface area contributed by atoms with E-state index in [1.807, 2.05) is 0 Å². The maximum absolute atomic E-state index is 14.7. The Balaban J connectivity index is 2.07.